The summed E-state index contributed by atoms with van der Waals surface area (Å²) in [5, 5.41) is 2.57. The van der Waals surface area contributed by atoms with Crippen molar-refractivity contribution in [1.29, 1.82) is 0 Å². The molecule has 2 rings (SSSR count). The highest BCUT2D eigenvalue weighted by atomic mass is 32.2. The van der Waals surface area contributed by atoms with Crippen molar-refractivity contribution in [3.63, 3.8) is 0 Å². The van der Waals surface area contributed by atoms with Gasteiger partial charge in [-0.3, -0.25) is 0 Å². The number of aromatic nitrogens is 2. The lowest BCUT2D eigenvalue weighted by atomic mass is 10.4. The summed E-state index contributed by atoms with van der Waals surface area (Å²) in [4.78, 5) is 10.6. The summed E-state index contributed by atoms with van der Waals surface area (Å²) >= 11 is 1.67. The number of nitrogens with one attached hydrogen (secondary N) is 1. The predicted molar refractivity (Wildman–Crippen MR) is 84.2 cm³/mol. The van der Waals surface area contributed by atoms with Gasteiger partial charge in [0.1, 0.15) is 11.2 Å². The van der Waals surface area contributed by atoms with Gasteiger partial charge in [-0.05, 0) is 13.8 Å². The minimum atomic E-state index is -3.14. The third kappa shape index (κ3) is 3.54. The maximum Gasteiger partial charge on any atom is 0.224 e. The van der Waals surface area contributed by atoms with Crippen molar-refractivity contribution in [2.45, 2.75) is 19.2 Å². The van der Waals surface area contributed by atoms with Crippen LogP contribution in [0.15, 0.2) is 6.07 Å². The van der Waals surface area contributed by atoms with E-state index in [0.717, 1.165) is 18.0 Å². The van der Waals surface area contributed by atoms with Gasteiger partial charge in [0.2, 0.25) is 5.95 Å². The van der Waals surface area contributed by atoms with Crippen molar-refractivity contribution in [3.8, 4) is 0 Å². The van der Waals surface area contributed by atoms with E-state index in [2.05, 4.69) is 15.3 Å². The van der Waals surface area contributed by atoms with E-state index in [-0.39, 0.29) is 0 Å². The summed E-state index contributed by atoms with van der Waals surface area (Å²) in [5.74, 6) is 2.72. The number of aryl methyl sites for hydroxylation is 1. The Labute approximate surface area is 124 Å². The number of hydrogen-bond acceptors (Lipinski definition) is 7. The van der Waals surface area contributed by atoms with Crippen molar-refractivity contribution in [3.05, 3.63) is 11.8 Å². The molecule has 1 aliphatic rings. The predicted octanol–water partition coefficient (Wildman–Crippen LogP) is 1.14. The number of anilines is 2. The highest BCUT2D eigenvalue weighted by Crippen LogP contribution is 2.26. The molecule has 0 aromatic carbocycles. The summed E-state index contributed by atoms with van der Waals surface area (Å²) in [6.07, 6.45) is 1.29. The number of hydrogen-bond donors (Lipinski definition) is 1. The van der Waals surface area contributed by atoms with Gasteiger partial charge >= 0.3 is 0 Å². The zero-order chi connectivity index (χ0) is 14.8. The van der Waals surface area contributed by atoms with Crippen molar-refractivity contribution >= 4 is 33.4 Å². The van der Waals surface area contributed by atoms with Gasteiger partial charge in [-0.1, -0.05) is 0 Å². The normalized spacial score (nSPS) is 19.9. The summed E-state index contributed by atoms with van der Waals surface area (Å²) in [7, 11) is -3.14. The minimum absolute atomic E-state index is 0.509. The van der Waals surface area contributed by atoms with Crippen LogP contribution in [0.1, 0.15) is 12.6 Å². The molecule has 6 nitrogen and oxygen atoms in total. The monoisotopic (exact) mass is 316 g/mol. The molecule has 1 unspecified atom stereocenters. The largest absolute Gasteiger partial charge is 0.354 e. The first kappa shape index (κ1) is 15.4. The molecule has 1 N–H and O–H groups in total. The molecule has 8 heteroatoms. The van der Waals surface area contributed by atoms with Crippen LogP contribution < -0.4 is 10.2 Å². The first-order valence-electron chi connectivity index (χ1n) is 6.54. The Hall–Kier alpha value is -1.02. The number of rotatable bonds is 4. The Kier molecular flexibility index (Phi) is 4.74. The van der Waals surface area contributed by atoms with Gasteiger partial charge in [-0.15, -0.1) is 0 Å². The summed E-state index contributed by atoms with van der Waals surface area (Å²) in [6, 6.07) is 1.84. The lowest BCUT2D eigenvalue weighted by Gasteiger charge is -2.35. The lowest BCUT2D eigenvalue weighted by molar-refractivity contribution is 0.583. The first-order chi connectivity index (χ1) is 9.41. The molecule has 1 fully saturated rings. The third-order valence-corrected chi connectivity index (χ3v) is 5.69. The molecular formula is C12H20N4O2S2. The quantitative estimate of drug-likeness (QED) is 0.892. The van der Waals surface area contributed by atoms with E-state index in [1.807, 2.05) is 24.8 Å². The van der Waals surface area contributed by atoms with Gasteiger partial charge in [0.25, 0.3) is 0 Å². The molecule has 2 heterocycles. The zero-order valence-electron chi connectivity index (χ0n) is 12.0. The Morgan fingerprint density at radius 1 is 1.50 bits per heavy atom. The van der Waals surface area contributed by atoms with Gasteiger partial charge < -0.3 is 10.2 Å². The van der Waals surface area contributed by atoms with Gasteiger partial charge in [0.15, 0.2) is 9.84 Å². The number of nitrogens with zero attached hydrogens (tertiary/aromatic N) is 3. The standard InChI is InChI=1S/C12H20N4O2S2/c1-4-13-12-14-9(2)7-10(15-12)16-5-6-19-8-11(16)20(3,17)18/h7,11H,4-6,8H2,1-3H3,(H,13,14,15). The maximum absolute atomic E-state index is 12.0. The van der Waals surface area contributed by atoms with E-state index in [0.29, 0.717) is 24.1 Å². The van der Waals surface area contributed by atoms with Crippen molar-refractivity contribution < 1.29 is 8.42 Å². The van der Waals surface area contributed by atoms with Crippen LogP contribution in [-0.2, 0) is 9.84 Å². The van der Waals surface area contributed by atoms with Crippen LogP contribution in [0.5, 0.6) is 0 Å². The molecule has 0 spiro atoms. The van der Waals surface area contributed by atoms with Crippen LogP contribution in [0, 0.1) is 6.92 Å². The summed E-state index contributed by atoms with van der Waals surface area (Å²) in [5.41, 5.74) is 0.830. The average molecular weight is 316 g/mol. The molecule has 0 amide bonds. The lowest BCUT2D eigenvalue weighted by Crippen LogP contribution is -2.47. The molecule has 1 aromatic heterocycles. The Bertz CT molecular complexity index is 577. The van der Waals surface area contributed by atoms with Crippen molar-refractivity contribution in [2.24, 2.45) is 0 Å². The molecular weight excluding hydrogens is 296 g/mol. The van der Waals surface area contributed by atoms with E-state index in [4.69, 9.17) is 0 Å². The molecule has 0 bridgehead atoms. The van der Waals surface area contributed by atoms with Gasteiger partial charge in [0, 0.05) is 42.6 Å². The molecule has 112 valence electrons. The van der Waals surface area contributed by atoms with Crippen LogP contribution in [0.4, 0.5) is 11.8 Å². The maximum atomic E-state index is 12.0. The topological polar surface area (TPSA) is 75.2 Å². The second-order valence-corrected chi connectivity index (χ2v) is 8.13. The fourth-order valence-electron chi connectivity index (χ4n) is 2.13. The number of sulfone groups is 1. The highest BCUT2D eigenvalue weighted by Gasteiger charge is 2.32. The molecule has 0 radical (unpaired) electrons. The Morgan fingerprint density at radius 3 is 2.90 bits per heavy atom. The van der Waals surface area contributed by atoms with Gasteiger partial charge in [-0.2, -0.15) is 16.7 Å². The molecule has 20 heavy (non-hydrogen) atoms. The van der Waals surface area contributed by atoms with Crippen molar-refractivity contribution in [2.75, 3.05) is 41.1 Å². The van der Waals surface area contributed by atoms with Gasteiger partial charge in [0.05, 0.1) is 0 Å². The molecule has 0 saturated carbocycles. The van der Waals surface area contributed by atoms with E-state index in [1.54, 1.807) is 11.8 Å². The second kappa shape index (κ2) is 6.17. The van der Waals surface area contributed by atoms with E-state index in [9.17, 15) is 8.42 Å². The van der Waals surface area contributed by atoms with E-state index >= 15 is 0 Å². The highest BCUT2D eigenvalue weighted by molar-refractivity contribution is 8.01. The Balaban J connectivity index is 2.37. The molecule has 0 aliphatic carbocycles. The van der Waals surface area contributed by atoms with E-state index < -0.39 is 15.2 Å². The van der Waals surface area contributed by atoms with Crippen LogP contribution >= 0.6 is 11.8 Å². The van der Waals surface area contributed by atoms with E-state index in [1.165, 1.54) is 6.26 Å². The smallest absolute Gasteiger partial charge is 0.224 e. The summed E-state index contributed by atoms with van der Waals surface area (Å²) in [6.45, 7) is 5.28. The van der Waals surface area contributed by atoms with Crippen LogP contribution in [-0.4, -0.2) is 54.6 Å². The molecule has 1 saturated heterocycles. The van der Waals surface area contributed by atoms with Crippen LogP contribution in [0.3, 0.4) is 0 Å². The summed E-state index contributed by atoms with van der Waals surface area (Å²) < 4.78 is 23.9. The molecule has 1 aromatic rings. The minimum Gasteiger partial charge on any atom is -0.354 e. The second-order valence-electron chi connectivity index (χ2n) is 4.77. The number of thioether (sulfide) groups is 1. The zero-order valence-corrected chi connectivity index (χ0v) is 13.6. The van der Waals surface area contributed by atoms with Crippen LogP contribution in [0.2, 0.25) is 0 Å². The fourth-order valence-corrected chi connectivity index (χ4v) is 4.96. The first-order valence-corrected chi connectivity index (χ1v) is 9.65. The van der Waals surface area contributed by atoms with Crippen molar-refractivity contribution in [1.82, 2.24) is 9.97 Å². The van der Waals surface area contributed by atoms with Crippen LogP contribution in [0.25, 0.3) is 0 Å². The fraction of sp³-hybridized carbons (Fsp3) is 0.667. The average Bonchev–Trinajstić information content (AvgIpc) is 2.37. The third-order valence-electron chi connectivity index (χ3n) is 3.05. The Morgan fingerprint density at radius 2 is 2.25 bits per heavy atom. The molecule has 1 aliphatic heterocycles. The van der Waals surface area contributed by atoms with Gasteiger partial charge in [-0.25, -0.2) is 13.4 Å². The molecule has 1 atom stereocenters. The SMILES string of the molecule is CCNc1nc(C)cc(N2CCSCC2S(C)(=O)=O)n1.